The number of benzene rings is 1. The molecule has 1 heterocycles. The Kier molecular flexibility index (Phi) is 3.99. The molecule has 0 aliphatic heterocycles. The molecule has 2 aromatic rings. The first kappa shape index (κ1) is 12.9. The Morgan fingerprint density at radius 1 is 1.16 bits per heavy atom. The van der Waals surface area contributed by atoms with E-state index in [2.05, 4.69) is 4.98 Å². The molecule has 0 fully saturated rings. The van der Waals surface area contributed by atoms with Crippen molar-refractivity contribution in [3.05, 3.63) is 53.7 Å². The summed E-state index contributed by atoms with van der Waals surface area (Å²) in [5, 5.41) is 8.79. The van der Waals surface area contributed by atoms with Crippen molar-refractivity contribution in [2.24, 2.45) is 0 Å². The molecule has 4 heteroatoms. The predicted molar refractivity (Wildman–Crippen MR) is 71.0 cm³/mol. The van der Waals surface area contributed by atoms with E-state index in [0.29, 0.717) is 11.6 Å². The van der Waals surface area contributed by atoms with Gasteiger partial charge in [-0.15, -0.1) is 0 Å². The first-order chi connectivity index (χ1) is 9.22. The van der Waals surface area contributed by atoms with Crippen LogP contribution in [0, 0.1) is 11.3 Å². The van der Waals surface area contributed by atoms with Gasteiger partial charge in [0, 0.05) is 6.07 Å². The van der Waals surface area contributed by atoms with Crippen LogP contribution in [-0.2, 0) is 0 Å². The van der Waals surface area contributed by atoms with Crippen LogP contribution in [0.25, 0.3) is 0 Å². The maximum atomic E-state index is 8.79. The van der Waals surface area contributed by atoms with E-state index in [-0.39, 0.29) is 6.10 Å². The van der Waals surface area contributed by atoms with Crippen molar-refractivity contribution in [2.75, 3.05) is 7.11 Å². The molecular weight excluding hydrogens is 240 g/mol. The zero-order valence-electron chi connectivity index (χ0n) is 10.8. The second-order valence-corrected chi connectivity index (χ2v) is 4.01. The third-order valence-electron chi connectivity index (χ3n) is 2.72. The lowest BCUT2D eigenvalue weighted by Gasteiger charge is -2.14. The molecule has 1 unspecified atom stereocenters. The lowest BCUT2D eigenvalue weighted by molar-refractivity contribution is 0.217. The third-order valence-corrected chi connectivity index (χ3v) is 2.72. The Bertz CT molecular complexity index is 588. The van der Waals surface area contributed by atoms with Crippen LogP contribution in [0.4, 0.5) is 0 Å². The summed E-state index contributed by atoms with van der Waals surface area (Å²) in [6, 6.07) is 14.8. The molecule has 4 nitrogen and oxygen atoms in total. The second-order valence-electron chi connectivity index (χ2n) is 4.01. The van der Waals surface area contributed by atoms with Crippen molar-refractivity contribution in [2.45, 2.75) is 13.0 Å². The molecule has 0 aliphatic carbocycles. The van der Waals surface area contributed by atoms with Crippen molar-refractivity contribution >= 4 is 0 Å². The number of pyridine rings is 1. The van der Waals surface area contributed by atoms with Gasteiger partial charge in [-0.1, -0.05) is 18.2 Å². The first-order valence-corrected chi connectivity index (χ1v) is 5.90. The van der Waals surface area contributed by atoms with Crippen LogP contribution in [-0.4, -0.2) is 12.1 Å². The molecule has 2 rings (SSSR count). The van der Waals surface area contributed by atoms with Crippen LogP contribution in [0.1, 0.15) is 24.3 Å². The van der Waals surface area contributed by atoms with Gasteiger partial charge < -0.3 is 9.47 Å². The summed E-state index contributed by atoms with van der Waals surface area (Å²) in [5.41, 5.74) is 1.37. The minimum Gasteiger partial charge on any atom is -0.497 e. The summed E-state index contributed by atoms with van der Waals surface area (Å²) in [4.78, 5) is 4.08. The molecule has 1 atom stereocenters. The molecule has 0 spiro atoms. The highest BCUT2D eigenvalue weighted by atomic mass is 16.5. The van der Waals surface area contributed by atoms with E-state index in [1.807, 2.05) is 37.3 Å². The van der Waals surface area contributed by atoms with E-state index in [1.54, 1.807) is 25.3 Å². The third kappa shape index (κ3) is 3.23. The monoisotopic (exact) mass is 254 g/mol. The molecule has 0 bridgehead atoms. The summed E-state index contributed by atoms with van der Waals surface area (Å²) < 4.78 is 10.8. The quantitative estimate of drug-likeness (QED) is 0.841. The van der Waals surface area contributed by atoms with E-state index in [9.17, 15) is 0 Å². The first-order valence-electron chi connectivity index (χ1n) is 5.90. The summed E-state index contributed by atoms with van der Waals surface area (Å²) >= 11 is 0. The highest BCUT2D eigenvalue weighted by Gasteiger charge is 2.08. The highest BCUT2D eigenvalue weighted by Crippen LogP contribution is 2.22. The van der Waals surface area contributed by atoms with Gasteiger partial charge in [0.05, 0.1) is 7.11 Å². The van der Waals surface area contributed by atoms with E-state index < -0.39 is 0 Å². The Labute approximate surface area is 112 Å². The van der Waals surface area contributed by atoms with Crippen molar-refractivity contribution in [3.8, 4) is 17.7 Å². The fourth-order valence-corrected chi connectivity index (χ4v) is 1.67. The van der Waals surface area contributed by atoms with Gasteiger partial charge >= 0.3 is 0 Å². The van der Waals surface area contributed by atoms with Crippen LogP contribution in [0.5, 0.6) is 11.6 Å². The van der Waals surface area contributed by atoms with Crippen LogP contribution in [0.3, 0.4) is 0 Å². The number of hydrogen-bond donors (Lipinski definition) is 0. The van der Waals surface area contributed by atoms with Gasteiger partial charge in [0.25, 0.3) is 0 Å². The summed E-state index contributed by atoms with van der Waals surface area (Å²) in [7, 11) is 1.63. The molecule has 0 saturated carbocycles. The summed E-state index contributed by atoms with van der Waals surface area (Å²) in [5.74, 6) is 1.25. The van der Waals surface area contributed by atoms with E-state index >= 15 is 0 Å². The molecule has 19 heavy (non-hydrogen) atoms. The van der Waals surface area contributed by atoms with Gasteiger partial charge in [0.15, 0.2) is 0 Å². The van der Waals surface area contributed by atoms with Gasteiger partial charge in [0.2, 0.25) is 5.88 Å². The number of aromatic nitrogens is 1. The average molecular weight is 254 g/mol. The minimum absolute atomic E-state index is 0.146. The van der Waals surface area contributed by atoms with Crippen LogP contribution < -0.4 is 9.47 Å². The Balaban J connectivity index is 2.11. The van der Waals surface area contributed by atoms with E-state index in [1.165, 1.54) is 0 Å². The van der Waals surface area contributed by atoms with E-state index in [4.69, 9.17) is 14.7 Å². The SMILES string of the molecule is COc1ccc(C(C)Oc2cccc(C#N)n2)cc1. The topological polar surface area (TPSA) is 55.1 Å². The lowest BCUT2D eigenvalue weighted by atomic mass is 10.1. The van der Waals surface area contributed by atoms with Gasteiger partial charge in [-0.3, -0.25) is 0 Å². The molecule has 1 aromatic heterocycles. The van der Waals surface area contributed by atoms with Crippen LogP contribution >= 0.6 is 0 Å². The van der Waals surface area contributed by atoms with E-state index in [0.717, 1.165) is 11.3 Å². The fraction of sp³-hybridized carbons (Fsp3) is 0.200. The number of nitriles is 1. The predicted octanol–water partition coefficient (Wildman–Crippen LogP) is 3.10. The Morgan fingerprint density at radius 3 is 2.53 bits per heavy atom. The minimum atomic E-state index is -0.146. The van der Waals surface area contributed by atoms with Crippen LogP contribution in [0.2, 0.25) is 0 Å². The van der Waals surface area contributed by atoms with Crippen molar-refractivity contribution in [1.29, 1.82) is 5.26 Å². The summed E-state index contributed by atoms with van der Waals surface area (Å²) in [6.07, 6.45) is -0.146. The van der Waals surface area contributed by atoms with Gasteiger partial charge in [-0.2, -0.15) is 5.26 Å². The number of nitrogens with zero attached hydrogens (tertiary/aromatic N) is 2. The highest BCUT2D eigenvalue weighted by molar-refractivity contribution is 5.29. The van der Waals surface area contributed by atoms with Gasteiger partial charge in [0.1, 0.15) is 23.6 Å². The molecule has 0 radical (unpaired) electrons. The number of rotatable bonds is 4. The fourth-order valence-electron chi connectivity index (χ4n) is 1.67. The van der Waals surface area contributed by atoms with Crippen molar-refractivity contribution in [1.82, 2.24) is 4.98 Å². The average Bonchev–Trinajstić information content (AvgIpc) is 2.47. The molecule has 0 N–H and O–H groups in total. The molecule has 0 saturated heterocycles. The lowest BCUT2D eigenvalue weighted by Crippen LogP contribution is -2.04. The second kappa shape index (κ2) is 5.87. The Hall–Kier alpha value is -2.54. The zero-order chi connectivity index (χ0) is 13.7. The zero-order valence-corrected chi connectivity index (χ0v) is 10.8. The Morgan fingerprint density at radius 2 is 1.89 bits per heavy atom. The maximum absolute atomic E-state index is 8.79. The maximum Gasteiger partial charge on any atom is 0.215 e. The number of hydrogen-bond acceptors (Lipinski definition) is 4. The molecular formula is C15H14N2O2. The summed E-state index contributed by atoms with van der Waals surface area (Å²) in [6.45, 7) is 1.93. The van der Waals surface area contributed by atoms with Gasteiger partial charge in [-0.05, 0) is 30.7 Å². The molecule has 96 valence electrons. The van der Waals surface area contributed by atoms with Crippen molar-refractivity contribution < 1.29 is 9.47 Å². The van der Waals surface area contributed by atoms with Gasteiger partial charge in [-0.25, -0.2) is 4.98 Å². The van der Waals surface area contributed by atoms with Crippen LogP contribution in [0.15, 0.2) is 42.5 Å². The molecule has 0 amide bonds. The van der Waals surface area contributed by atoms with Crippen molar-refractivity contribution in [3.63, 3.8) is 0 Å². The number of ether oxygens (including phenoxy) is 2. The number of methoxy groups -OCH3 is 1. The smallest absolute Gasteiger partial charge is 0.215 e. The molecule has 1 aromatic carbocycles. The largest absolute Gasteiger partial charge is 0.497 e. The standard InChI is InChI=1S/C15H14N2O2/c1-11(12-6-8-14(18-2)9-7-12)19-15-5-3-4-13(10-16)17-15/h3-9,11H,1-2H3. The normalized spacial score (nSPS) is 11.4. The molecule has 0 aliphatic rings.